The molecule has 1 N–H and O–H groups in total. The molecule has 1 saturated heterocycles. The standard InChI is InChI=1S/C18H24ClN3O2/c1-3-21-8-10-22(11-9-21)17(24)18(6-7-18)16(23)20-15-5-4-14(19)12-13(15)2/h4-5,12H,3,6-11H2,1-2H3,(H,20,23). The highest BCUT2D eigenvalue weighted by Gasteiger charge is 2.58. The number of hydrogen-bond donors (Lipinski definition) is 1. The molecule has 1 aromatic rings. The van der Waals surface area contributed by atoms with Gasteiger partial charge >= 0.3 is 0 Å². The molecule has 2 amide bonds. The smallest absolute Gasteiger partial charge is 0.240 e. The maximum absolute atomic E-state index is 12.9. The number of anilines is 1. The third-order valence-electron chi connectivity index (χ3n) is 5.14. The molecule has 6 heteroatoms. The number of nitrogens with one attached hydrogen (secondary N) is 1. The number of rotatable bonds is 4. The lowest BCUT2D eigenvalue weighted by Crippen LogP contribution is -2.52. The molecule has 0 radical (unpaired) electrons. The number of halogens is 1. The summed E-state index contributed by atoms with van der Waals surface area (Å²) in [6.45, 7) is 8.22. The summed E-state index contributed by atoms with van der Waals surface area (Å²) in [7, 11) is 0. The molecule has 1 aromatic carbocycles. The maximum atomic E-state index is 12.9. The second kappa shape index (κ2) is 6.73. The zero-order chi connectivity index (χ0) is 17.3. The minimum absolute atomic E-state index is 0.0117. The quantitative estimate of drug-likeness (QED) is 0.850. The van der Waals surface area contributed by atoms with Crippen molar-refractivity contribution >= 4 is 29.1 Å². The van der Waals surface area contributed by atoms with Crippen molar-refractivity contribution in [1.29, 1.82) is 0 Å². The molecule has 2 aliphatic rings. The zero-order valence-corrected chi connectivity index (χ0v) is 15.0. The van der Waals surface area contributed by atoms with Gasteiger partial charge in [0, 0.05) is 36.9 Å². The van der Waals surface area contributed by atoms with Crippen LogP contribution in [0.2, 0.25) is 5.02 Å². The normalized spacial score (nSPS) is 19.9. The molecule has 1 saturated carbocycles. The molecule has 1 aliphatic heterocycles. The van der Waals surface area contributed by atoms with E-state index >= 15 is 0 Å². The Morgan fingerprint density at radius 3 is 2.42 bits per heavy atom. The van der Waals surface area contributed by atoms with Crippen molar-refractivity contribution in [3.63, 3.8) is 0 Å². The van der Waals surface area contributed by atoms with Crippen LogP contribution in [0.25, 0.3) is 0 Å². The molecule has 3 rings (SSSR count). The summed E-state index contributed by atoms with van der Waals surface area (Å²) in [6.07, 6.45) is 1.27. The zero-order valence-electron chi connectivity index (χ0n) is 14.3. The first-order chi connectivity index (χ1) is 11.5. The number of aryl methyl sites for hydroxylation is 1. The Bertz CT molecular complexity index is 650. The van der Waals surface area contributed by atoms with Crippen molar-refractivity contribution in [2.75, 3.05) is 38.0 Å². The summed E-state index contributed by atoms with van der Waals surface area (Å²) < 4.78 is 0. The van der Waals surface area contributed by atoms with E-state index in [0.29, 0.717) is 31.0 Å². The number of likely N-dealkylation sites (N-methyl/N-ethyl adjacent to an activating group) is 1. The van der Waals surface area contributed by atoms with E-state index in [1.165, 1.54) is 0 Å². The van der Waals surface area contributed by atoms with E-state index in [-0.39, 0.29) is 11.8 Å². The van der Waals surface area contributed by atoms with Gasteiger partial charge in [0.1, 0.15) is 5.41 Å². The fourth-order valence-electron chi connectivity index (χ4n) is 3.24. The molecule has 2 fully saturated rings. The second-order valence-electron chi connectivity index (χ2n) is 6.72. The largest absolute Gasteiger partial charge is 0.339 e. The fourth-order valence-corrected chi connectivity index (χ4v) is 3.47. The Hall–Kier alpha value is -1.59. The van der Waals surface area contributed by atoms with Crippen molar-refractivity contribution in [2.24, 2.45) is 5.41 Å². The van der Waals surface area contributed by atoms with Gasteiger partial charge in [-0.2, -0.15) is 0 Å². The van der Waals surface area contributed by atoms with E-state index in [0.717, 1.165) is 30.9 Å². The molecule has 1 heterocycles. The molecular weight excluding hydrogens is 326 g/mol. The molecule has 1 aliphatic carbocycles. The minimum Gasteiger partial charge on any atom is -0.339 e. The second-order valence-corrected chi connectivity index (χ2v) is 7.16. The van der Waals surface area contributed by atoms with Crippen molar-refractivity contribution in [3.8, 4) is 0 Å². The number of amides is 2. The SMILES string of the molecule is CCN1CCN(C(=O)C2(C(=O)Nc3ccc(Cl)cc3C)CC2)CC1. The molecule has 5 nitrogen and oxygen atoms in total. The van der Waals surface area contributed by atoms with Gasteiger partial charge in [-0.3, -0.25) is 9.59 Å². The van der Waals surface area contributed by atoms with Crippen LogP contribution in [0.5, 0.6) is 0 Å². The lowest BCUT2D eigenvalue weighted by Gasteiger charge is -2.35. The van der Waals surface area contributed by atoms with Gasteiger partial charge in [0.25, 0.3) is 0 Å². The molecular formula is C18H24ClN3O2. The lowest BCUT2D eigenvalue weighted by molar-refractivity contribution is -0.143. The Labute approximate surface area is 147 Å². The third kappa shape index (κ3) is 3.28. The van der Waals surface area contributed by atoms with Gasteiger partial charge in [0.05, 0.1) is 0 Å². The summed E-state index contributed by atoms with van der Waals surface area (Å²) in [4.78, 5) is 29.8. The molecule has 130 valence electrons. The summed E-state index contributed by atoms with van der Waals surface area (Å²) in [5.41, 5.74) is 0.760. The molecule has 0 atom stereocenters. The van der Waals surface area contributed by atoms with Gasteiger partial charge in [-0.1, -0.05) is 18.5 Å². The highest BCUT2D eigenvalue weighted by atomic mass is 35.5. The van der Waals surface area contributed by atoms with Crippen molar-refractivity contribution in [3.05, 3.63) is 28.8 Å². The van der Waals surface area contributed by atoms with E-state index in [9.17, 15) is 9.59 Å². The van der Waals surface area contributed by atoms with Crippen LogP contribution in [0, 0.1) is 12.3 Å². The number of hydrogen-bond acceptors (Lipinski definition) is 3. The van der Waals surface area contributed by atoms with Crippen LogP contribution >= 0.6 is 11.6 Å². The van der Waals surface area contributed by atoms with Crippen LogP contribution in [0.15, 0.2) is 18.2 Å². The molecule has 0 unspecified atom stereocenters. The fraction of sp³-hybridized carbons (Fsp3) is 0.556. The van der Waals surface area contributed by atoms with Crippen molar-refractivity contribution < 1.29 is 9.59 Å². The van der Waals surface area contributed by atoms with Crippen LogP contribution in [0.3, 0.4) is 0 Å². The van der Waals surface area contributed by atoms with Crippen molar-refractivity contribution in [1.82, 2.24) is 9.80 Å². The Kier molecular flexibility index (Phi) is 4.83. The average molecular weight is 350 g/mol. The Balaban J connectivity index is 1.67. The third-order valence-corrected chi connectivity index (χ3v) is 5.37. The van der Waals surface area contributed by atoms with Crippen LogP contribution < -0.4 is 5.32 Å². The summed E-state index contributed by atoms with van der Waals surface area (Å²) in [5, 5.41) is 3.56. The monoisotopic (exact) mass is 349 g/mol. The number of carbonyl (C=O) groups excluding carboxylic acids is 2. The number of benzene rings is 1. The van der Waals surface area contributed by atoms with Gasteiger partial charge < -0.3 is 15.1 Å². The highest BCUT2D eigenvalue weighted by Crippen LogP contribution is 2.48. The van der Waals surface area contributed by atoms with E-state index in [1.54, 1.807) is 12.1 Å². The van der Waals surface area contributed by atoms with Crippen LogP contribution in [0.4, 0.5) is 5.69 Å². The first-order valence-electron chi connectivity index (χ1n) is 8.55. The van der Waals surface area contributed by atoms with Crippen LogP contribution in [-0.4, -0.2) is 54.3 Å². The maximum Gasteiger partial charge on any atom is 0.240 e. The topological polar surface area (TPSA) is 52.7 Å². The predicted octanol–water partition coefficient (Wildman–Crippen LogP) is 2.53. The number of piperazine rings is 1. The lowest BCUT2D eigenvalue weighted by atomic mass is 10.0. The predicted molar refractivity (Wildman–Crippen MR) is 95.2 cm³/mol. The number of nitrogens with zero attached hydrogens (tertiary/aromatic N) is 2. The van der Waals surface area contributed by atoms with Crippen molar-refractivity contribution in [2.45, 2.75) is 26.7 Å². The Morgan fingerprint density at radius 1 is 1.21 bits per heavy atom. The van der Waals surface area contributed by atoms with Crippen LogP contribution in [0.1, 0.15) is 25.3 Å². The van der Waals surface area contributed by atoms with E-state index in [1.807, 2.05) is 17.9 Å². The first kappa shape index (κ1) is 17.2. The molecule has 0 aromatic heterocycles. The minimum atomic E-state index is -0.861. The first-order valence-corrected chi connectivity index (χ1v) is 8.93. The van der Waals surface area contributed by atoms with Gasteiger partial charge in [-0.05, 0) is 50.1 Å². The molecule has 0 bridgehead atoms. The van der Waals surface area contributed by atoms with Gasteiger partial charge in [-0.25, -0.2) is 0 Å². The molecule has 24 heavy (non-hydrogen) atoms. The van der Waals surface area contributed by atoms with E-state index < -0.39 is 5.41 Å². The molecule has 0 spiro atoms. The summed E-state index contributed by atoms with van der Waals surface area (Å²) >= 11 is 5.95. The van der Waals surface area contributed by atoms with E-state index in [4.69, 9.17) is 11.6 Å². The Morgan fingerprint density at radius 2 is 1.88 bits per heavy atom. The van der Waals surface area contributed by atoms with Gasteiger partial charge in [0.15, 0.2) is 0 Å². The summed E-state index contributed by atoms with van der Waals surface area (Å²) in [6, 6.07) is 5.34. The highest BCUT2D eigenvalue weighted by molar-refractivity contribution is 6.30. The van der Waals surface area contributed by atoms with Gasteiger partial charge in [0.2, 0.25) is 11.8 Å². The van der Waals surface area contributed by atoms with E-state index in [2.05, 4.69) is 17.1 Å². The number of carbonyl (C=O) groups is 2. The summed E-state index contributed by atoms with van der Waals surface area (Å²) in [5.74, 6) is -0.196. The average Bonchev–Trinajstić information content (AvgIpc) is 3.38. The van der Waals surface area contributed by atoms with Gasteiger partial charge in [-0.15, -0.1) is 0 Å². The van der Waals surface area contributed by atoms with Crippen LogP contribution in [-0.2, 0) is 9.59 Å².